The molecule has 1 N–H and O–H groups in total. The van der Waals surface area contributed by atoms with Crippen molar-refractivity contribution in [3.05, 3.63) is 29.8 Å². The zero-order chi connectivity index (χ0) is 13.8. The summed E-state index contributed by atoms with van der Waals surface area (Å²) in [6.07, 6.45) is -1.29. The Balaban J connectivity index is 2.19. The molecule has 2 nitrogen and oxygen atoms in total. The molecule has 2 rings (SSSR count). The van der Waals surface area contributed by atoms with Gasteiger partial charge in [0.2, 0.25) is 0 Å². The Morgan fingerprint density at radius 1 is 1.32 bits per heavy atom. The van der Waals surface area contributed by atoms with Crippen molar-refractivity contribution < 1.29 is 8.78 Å². The fourth-order valence-electron chi connectivity index (χ4n) is 2.72. The Labute approximate surface area is 113 Å². The van der Waals surface area contributed by atoms with Crippen molar-refractivity contribution >= 4 is 5.69 Å². The van der Waals surface area contributed by atoms with Crippen LogP contribution < -0.4 is 10.2 Å². The van der Waals surface area contributed by atoms with Gasteiger partial charge >= 0.3 is 0 Å². The number of halogens is 2. The second-order valence-electron chi connectivity index (χ2n) is 5.63. The van der Waals surface area contributed by atoms with Gasteiger partial charge in [-0.25, -0.2) is 8.78 Å². The minimum atomic E-state index is -2.30. The van der Waals surface area contributed by atoms with Crippen molar-refractivity contribution in [3.8, 4) is 0 Å². The lowest BCUT2D eigenvalue weighted by atomic mass is 10.0. The molecule has 19 heavy (non-hydrogen) atoms. The Morgan fingerprint density at radius 2 is 2.05 bits per heavy atom. The van der Waals surface area contributed by atoms with Crippen molar-refractivity contribution in [2.24, 2.45) is 5.92 Å². The standard InChI is InChI=1S/C15H22F2N2/c1-11(2)7-13-9-19(10-15(16)17)14-6-4-3-5-12(14)8-18-13/h3-6,11,13,15,18H,7-10H2,1-2H3. The number of nitrogens with one attached hydrogen (secondary N) is 1. The summed E-state index contributed by atoms with van der Waals surface area (Å²) in [5, 5.41) is 3.49. The second kappa shape index (κ2) is 6.33. The maximum Gasteiger partial charge on any atom is 0.255 e. The Bertz CT molecular complexity index is 407. The highest BCUT2D eigenvalue weighted by Crippen LogP contribution is 2.25. The number of rotatable bonds is 4. The first kappa shape index (κ1) is 14.3. The van der Waals surface area contributed by atoms with Gasteiger partial charge in [0.1, 0.15) is 0 Å². The lowest BCUT2D eigenvalue weighted by Crippen LogP contribution is -2.40. The molecule has 1 heterocycles. The molecule has 0 saturated heterocycles. The zero-order valence-electron chi connectivity index (χ0n) is 11.6. The van der Waals surface area contributed by atoms with Crippen LogP contribution in [0, 0.1) is 5.92 Å². The average molecular weight is 268 g/mol. The van der Waals surface area contributed by atoms with Crippen molar-refractivity contribution in [2.75, 3.05) is 18.0 Å². The molecule has 1 aliphatic heterocycles. The highest BCUT2D eigenvalue weighted by atomic mass is 19.3. The minimum absolute atomic E-state index is 0.187. The molecule has 1 unspecified atom stereocenters. The van der Waals surface area contributed by atoms with E-state index in [1.54, 1.807) is 0 Å². The summed E-state index contributed by atoms with van der Waals surface area (Å²) in [6, 6.07) is 8.10. The van der Waals surface area contributed by atoms with E-state index in [1.165, 1.54) is 0 Å². The van der Waals surface area contributed by atoms with Gasteiger partial charge in [0.15, 0.2) is 0 Å². The summed E-state index contributed by atoms with van der Waals surface area (Å²) in [5.74, 6) is 0.562. The average Bonchev–Trinajstić information content (AvgIpc) is 2.49. The lowest BCUT2D eigenvalue weighted by Gasteiger charge is -2.28. The minimum Gasteiger partial charge on any atom is -0.364 e. The molecule has 0 saturated carbocycles. The number of nitrogens with zero attached hydrogens (tertiary/aromatic N) is 1. The number of hydrogen-bond acceptors (Lipinski definition) is 2. The Morgan fingerprint density at radius 3 is 2.74 bits per heavy atom. The zero-order valence-corrected chi connectivity index (χ0v) is 11.6. The summed E-state index contributed by atoms with van der Waals surface area (Å²) in [4.78, 5) is 1.83. The van der Waals surface area contributed by atoms with Crippen LogP contribution in [0.15, 0.2) is 24.3 Å². The molecule has 0 radical (unpaired) electrons. The molecule has 0 aromatic heterocycles. The third-order valence-electron chi connectivity index (χ3n) is 3.47. The first-order valence-corrected chi connectivity index (χ1v) is 6.90. The molecule has 0 aliphatic carbocycles. The largest absolute Gasteiger partial charge is 0.364 e. The van der Waals surface area contributed by atoms with Crippen LogP contribution in [0.5, 0.6) is 0 Å². The van der Waals surface area contributed by atoms with E-state index in [-0.39, 0.29) is 12.6 Å². The van der Waals surface area contributed by atoms with E-state index in [1.807, 2.05) is 29.2 Å². The smallest absolute Gasteiger partial charge is 0.255 e. The van der Waals surface area contributed by atoms with Gasteiger partial charge in [0.05, 0.1) is 6.54 Å². The fourth-order valence-corrected chi connectivity index (χ4v) is 2.72. The molecule has 4 heteroatoms. The highest BCUT2D eigenvalue weighted by molar-refractivity contribution is 5.54. The van der Waals surface area contributed by atoms with Crippen LogP contribution in [0.25, 0.3) is 0 Å². The first-order valence-electron chi connectivity index (χ1n) is 6.90. The van der Waals surface area contributed by atoms with Gasteiger partial charge in [-0.1, -0.05) is 32.0 Å². The summed E-state index contributed by atoms with van der Waals surface area (Å²) in [6.45, 7) is 5.55. The lowest BCUT2D eigenvalue weighted by molar-refractivity contribution is 0.154. The van der Waals surface area contributed by atoms with Gasteiger partial charge in [-0.3, -0.25) is 0 Å². The van der Waals surface area contributed by atoms with Crippen molar-refractivity contribution in [1.29, 1.82) is 0 Å². The quantitative estimate of drug-likeness (QED) is 0.901. The van der Waals surface area contributed by atoms with Crippen LogP contribution in [-0.2, 0) is 6.54 Å². The number of benzene rings is 1. The molecular weight excluding hydrogens is 246 g/mol. The van der Waals surface area contributed by atoms with E-state index in [0.717, 1.165) is 24.2 Å². The molecule has 0 amide bonds. The maximum absolute atomic E-state index is 12.8. The van der Waals surface area contributed by atoms with Gasteiger partial charge in [-0.15, -0.1) is 0 Å². The molecule has 1 aromatic rings. The van der Waals surface area contributed by atoms with Crippen molar-refractivity contribution in [3.63, 3.8) is 0 Å². The van der Waals surface area contributed by atoms with Crippen LogP contribution in [0.1, 0.15) is 25.8 Å². The van der Waals surface area contributed by atoms with Gasteiger partial charge in [-0.05, 0) is 24.0 Å². The molecule has 0 spiro atoms. The topological polar surface area (TPSA) is 15.3 Å². The van der Waals surface area contributed by atoms with E-state index in [0.29, 0.717) is 12.5 Å². The maximum atomic E-state index is 12.8. The van der Waals surface area contributed by atoms with Crippen LogP contribution in [0.2, 0.25) is 0 Å². The van der Waals surface area contributed by atoms with E-state index < -0.39 is 6.43 Å². The summed E-state index contributed by atoms with van der Waals surface area (Å²) < 4.78 is 25.5. The first-order chi connectivity index (χ1) is 9.06. The Kier molecular flexibility index (Phi) is 4.75. The number of hydrogen-bond donors (Lipinski definition) is 1. The van der Waals surface area contributed by atoms with Crippen LogP contribution in [-0.4, -0.2) is 25.6 Å². The van der Waals surface area contributed by atoms with Gasteiger partial charge < -0.3 is 10.2 Å². The van der Waals surface area contributed by atoms with Crippen molar-refractivity contribution in [1.82, 2.24) is 5.32 Å². The monoisotopic (exact) mass is 268 g/mol. The molecule has 1 aliphatic rings. The van der Waals surface area contributed by atoms with Gasteiger partial charge in [-0.2, -0.15) is 0 Å². The van der Waals surface area contributed by atoms with Crippen LogP contribution in [0.4, 0.5) is 14.5 Å². The summed E-state index contributed by atoms with van der Waals surface area (Å²) in [5.41, 5.74) is 2.05. The third-order valence-corrected chi connectivity index (χ3v) is 3.47. The number of para-hydroxylation sites is 1. The second-order valence-corrected chi connectivity index (χ2v) is 5.63. The molecule has 1 aromatic carbocycles. The molecular formula is C15H22F2N2. The molecule has 0 bridgehead atoms. The van der Waals surface area contributed by atoms with E-state index in [4.69, 9.17) is 0 Å². The van der Waals surface area contributed by atoms with E-state index in [9.17, 15) is 8.78 Å². The normalized spacial score (nSPS) is 19.7. The third kappa shape index (κ3) is 3.90. The van der Waals surface area contributed by atoms with Gasteiger partial charge in [0.25, 0.3) is 6.43 Å². The highest BCUT2D eigenvalue weighted by Gasteiger charge is 2.23. The fraction of sp³-hybridized carbons (Fsp3) is 0.600. The molecule has 0 fully saturated rings. The molecule has 106 valence electrons. The predicted octanol–water partition coefficient (Wildman–Crippen LogP) is 3.28. The SMILES string of the molecule is CC(C)CC1CN(CC(F)F)c2ccccc2CN1. The van der Waals surface area contributed by atoms with Crippen LogP contribution >= 0.6 is 0 Å². The molecule has 1 atom stereocenters. The number of alkyl halides is 2. The van der Waals surface area contributed by atoms with Gasteiger partial charge in [0, 0.05) is 24.8 Å². The number of anilines is 1. The Hall–Kier alpha value is -1.16. The van der Waals surface area contributed by atoms with Crippen molar-refractivity contribution in [2.45, 2.75) is 39.3 Å². The summed E-state index contributed by atoms with van der Waals surface area (Å²) >= 11 is 0. The van der Waals surface area contributed by atoms with Crippen LogP contribution in [0.3, 0.4) is 0 Å². The number of fused-ring (bicyclic) bond motifs is 1. The summed E-state index contributed by atoms with van der Waals surface area (Å²) in [7, 11) is 0. The predicted molar refractivity (Wildman–Crippen MR) is 74.7 cm³/mol. The van der Waals surface area contributed by atoms with E-state index in [2.05, 4.69) is 19.2 Å². The van der Waals surface area contributed by atoms with E-state index >= 15 is 0 Å².